The summed E-state index contributed by atoms with van der Waals surface area (Å²) in [6.07, 6.45) is -0.706. The number of alkyl halides is 3. The fraction of sp³-hybridized carbons (Fsp3) is 0.583. The zero-order valence-electron chi connectivity index (χ0n) is 10.5. The van der Waals surface area contributed by atoms with Gasteiger partial charge in [-0.3, -0.25) is 9.78 Å². The molecular weight excluding hydrogens is 295 g/mol. The van der Waals surface area contributed by atoms with Crippen LogP contribution in [0.5, 0.6) is 0 Å². The number of carbonyl (C=O) groups excluding carboxylic acids is 1. The first-order chi connectivity index (χ1) is 9.36. The quantitative estimate of drug-likeness (QED) is 0.914. The van der Waals surface area contributed by atoms with Gasteiger partial charge in [0.25, 0.3) is 5.91 Å². The first-order valence-corrected chi connectivity index (χ1v) is 6.59. The van der Waals surface area contributed by atoms with Gasteiger partial charge in [-0.2, -0.15) is 13.2 Å². The van der Waals surface area contributed by atoms with Gasteiger partial charge in [-0.05, 0) is 19.3 Å². The van der Waals surface area contributed by atoms with Crippen LogP contribution in [0.25, 0.3) is 0 Å². The minimum atomic E-state index is -4.21. The summed E-state index contributed by atoms with van der Waals surface area (Å²) in [6.45, 7) is 0. The molecule has 0 radical (unpaired) electrons. The molecule has 1 N–H and O–H groups in total. The lowest BCUT2D eigenvalue weighted by Crippen LogP contribution is -2.41. The molecule has 4 nitrogen and oxygen atoms in total. The minimum Gasteiger partial charge on any atom is -0.348 e. The van der Waals surface area contributed by atoms with Crippen molar-refractivity contribution in [2.75, 3.05) is 0 Å². The van der Waals surface area contributed by atoms with Crippen LogP contribution >= 0.6 is 11.6 Å². The molecule has 1 aromatic heterocycles. The molecule has 0 bridgehead atoms. The second-order valence-corrected chi connectivity index (χ2v) is 5.19. The number of aromatic nitrogens is 2. The van der Waals surface area contributed by atoms with Gasteiger partial charge in [0.05, 0.1) is 18.3 Å². The van der Waals surface area contributed by atoms with Crippen LogP contribution < -0.4 is 5.32 Å². The van der Waals surface area contributed by atoms with Gasteiger partial charge in [0.15, 0.2) is 0 Å². The summed E-state index contributed by atoms with van der Waals surface area (Å²) in [5, 5.41) is 2.63. The summed E-state index contributed by atoms with van der Waals surface area (Å²) in [5.74, 6) is -1.90. The number of nitrogens with one attached hydrogen (secondary N) is 1. The van der Waals surface area contributed by atoms with Gasteiger partial charge < -0.3 is 5.32 Å². The van der Waals surface area contributed by atoms with Crippen molar-refractivity contribution in [3.8, 4) is 0 Å². The van der Waals surface area contributed by atoms with Crippen LogP contribution in [0.15, 0.2) is 12.4 Å². The van der Waals surface area contributed by atoms with E-state index in [2.05, 4.69) is 15.3 Å². The number of nitrogens with zero attached hydrogens (tertiary/aromatic N) is 2. The van der Waals surface area contributed by atoms with E-state index in [0.29, 0.717) is 12.8 Å². The van der Waals surface area contributed by atoms with Crippen LogP contribution in [0.4, 0.5) is 13.2 Å². The molecule has 1 fully saturated rings. The Balaban J connectivity index is 1.98. The summed E-state index contributed by atoms with van der Waals surface area (Å²) in [5.41, 5.74) is 0.00614. The molecule has 2 unspecified atom stereocenters. The standard InChI is InChI=1S/C12H13ClF3N3O/c13-10-6-17-5-9(19-10)11(20)18-8-3-1-2-7(4-8)12(14,15)16/h5-8H,1-4H2,(H,18,20). The van der Waals surface area contributed by atoms with E-state index in [9.17, 15) is 18.0 Å². The van der Waals surface area contributed by atoms with E-state index in [0.717, 1.165) is 0 Å². The van der Waals surface area contributed by atoms with Crippen molar-refractivity contribution in [1.82, 2.24) is 15.3 Å². The van der Waals surface area contributed by atoms with Crippen molar-refractivity contribution in [2.24, 2.45) is 5.92 Å². The fourth-order valence-electron chi connectivity index (χ4n) is 2.33. The molecule has 1 heterocycles. The zero-order valence-corrected chi connectivity index (χ0v) is 11.2. The molecule has 2 atom stereocenters. The topological polar surface area (TPSA) is 54.9 Å². The Morgan fingerprint density at radius 1 is 1.35 bits per heavy atom. The highest BCUT2D eigenvalue weighted by Gasteiger charge is 2.42. The van der Waals surface area contributed by atoms with Crippen LogP contribution in [0.1, 0.15) is 36.2 Å². The number of rotatable bonds is 2. The Labute approximate surface area is 118 Å². The van der Waals surface area contributed by atoms with Crippen LogP contribution in [-0.2, 0) is 0 Å². The normalized spacial score (nSPS) is 23.4. The third-order valence-corrected chi connectivity index (χ3v) is 3.49. The lowest BCUT2D eigenvalue weighted by molar-refractivity contribution is -0.183. The van der Waals surface area contributed by atoms with E-state index < -0.39 is 24.0 Å². The molecule has 0 spiro atoms. The molecule has 0 aliphatic heterocycles. The Bertz CT molecular complexity index is 495. The van der Waals surface area contributed by atoms with E-state index in [1.807, 2.05) is 0 Å². The van der Waals surface area contributed by atoms with E-state index in [4.69, 9.17) is 11.6 Å². The maximum Gasteiger partial charge on any atom is 0.391 e. The predicted octanol–water partition coefficient (Wildman–Crippen LogP) is 2.98. The van der Waals surface area contributed by atoms with Gasteiger partial charge in [-0.15, -0.1) is 0 Å². The van der Waals surface area contributed by atoms with Gasteiger partial charge in [0, 0.05) is 6.04 Å². The SMILES string of the molecule is O=C(NC1CCCC(C(F)(F)F)C1)c1cncc(Cl)n1. The monoisotopic (exact) mass is 307 g/mol. The minimum absolute atomic E-state index is 0.00614. The second kappa shape index (κ2) is 5.95. The Kier molecular flexibility index (Phi) is 4.47. The molecule has 110 valence electrons. The molecule has 20 heavy (non-hydrogen) atoms. The van der Waals surface area contributed by atoms with Crippen LogP contribution in [0.2, 0.25) is 5.15 Å². The van der Waals surface area contributed by atoms with Crippen LogP contribution in [0.3, 0.4) is 0 Å². The summed E-state index contributed by atoms with van der Waals surface area (Å²) < 4.78 is 38.0. The predicted molar refractivity (Wildman–Crippen MR) is 66.3 cm³/mol. The number of hydrogen-bond acceptors (Lipinski definition) is 3. The highest BCUT2D eigenvalue weighted by Crippen LogP contribution is 2.37. The van der Waals surface area contributed by atoms with Crippen molar-refractivity contribution < 1.29 is 18.0 Å². The lowest BCUT2D eigenvalue weighted by Gasteiger charge is -2.30. The average molecular weight is 308 g/mol. The molecule has 8 heteroatoms. The third-order valence-electron chi connectivity index (χ3n) is 3.31. The Morgan fingerprint density at radius 2 is 2.10 bits per heavy atom. The van der Waals surface area contributed by atoms with Crippen LogP contribution in [-0.4, -0.2) is 28.1 Å². The number of amides is 1. The van der Waals surface area contributed by atoms with Gasteiger partial charge in [0.2, 0.25) is 0 Å². The summed E-state index contributed by atoms with van der Waals surface area (Å²) >= 11 is 5.61. The molecule has 1 saturated carbocycles. The van der Waals surface area contributed by atoms with Crippen molar-refractivity contribution in [2.45, 2.75) is 37.9 Å². The maximum absolute atomic E-state index is 12.7. The van der Waals surface area contributed by atoms with Crippen LogP contribution in [0, 0.1) is 5.92 Å². The molecule has 1 amide bonds. The molecule has 0 saturated heterocycles. The molecule has 2 rings (SSSR count). The number of halogens is 4. The first-order valence-electron chi connectivity index (χ1n) is 6.21. The smallest absolute Gasteiger partial charge is 0.348 e. The molecular formula is C12H13ClF3N3O. The van der Waals surface area contributed by atoms with E-state index in [1.165, 1.54) is 12.4 Å². The van der Waals surface area contributed by atoms with Gasteiger partial charge in [-0.25, -0.2) is 4.98 Å². The van der Waals surface area contributed by atoms with E-state index in [-0.39, 0.29) is 23.7 Å². The largest absolute Gasteiger partial charge is 0.391 e. The van der Waals surface area contributed by atoms with Gasteiger partial charge in [0.1, 0.15) is 10.8 Å². The average Bonchev–Trinajstić information content (AvgIpc) is 2.38. The molecule has 0 aromatic carbocycles. The molecule has 1 aromatic rings. The molecule has 1 aliphatic carbocycles. The molecule has 1 aliphatic rings. The number of hydrogen-bond donors (Lipinski definition) is 1. The Hall–Kier alpha value is -1.37. The summed E-state index contributed by atoms with van der Waals surface area (Å²) in [4.78, 5) is 19.4. The van der Waals surface area contributed by atoms with E-state index >= 15 is 0 Å². The van der Waals surface area contributed by atoms with Crippen molar-refractivity contribution in [1.29, 1.82) is 0 Å². The van der Waals surface area contributed by atoms with Crippen molar-refractivity contribution in [3.63, 3.8) is 0 Å². The number of carbonyl (C=O) groups is 1. The zero-order chi connectivity index (χ0) is 14.8. The fourth-order valence-corrected chi connectivity index (χ4v) is 2.48. The first kappa shape index (κ1) is 15.0. The van der Waals surface area contributed by atoms with Gasteiger partial charge >= 0.3 is 6.18 Å². The van der Waals surface area contributed by atoms with E-state index in [1.54, 1.807) is 0 Å². The summed E-state index contributed by atoms with van der Waals surface area (Å²) in [6, 6.07) is -0.497. The highest BCUT2D eigenvalue weighted by molar-refractivity contribution is 6.29. The van der Waals surface area contributed by atoms with Crippen molar-refractivity contribution in [3.05, 3.63) is 23.2 Å². The maximum atomic E-state index is 12.7. The summed E-state index contributed by atoms with van der Waals surface area (Å²) in [7, 11) is 0. The van der Waals surface area contributed by atoms with Gasteiger partial charge in [-0.1, -0.05) is 18.0 Å². The van der Waals surface area contributed by atoms with Crippen molar-refractivity contribution >= 4 is 17.5 Å². The Morgan fingerprint density at radius 3 is 2.75 bits per heavy atom. The lowest BCUT2D eigenvalue weighted by atomic mass is 9.85. The third kappa shape index (κ3) is 3.82. The second-order valence-electron chi connectivity index (χ2n) is 4.80. The highest BCUT2D eigenvalue weighted by atomic mass is 35.5.